The summed E-state index contributed by atoms with van der Waals surface area (Å²) in [5.74, 6) is -0.344. The Bertz CT molecular complexity index is 2570. The van der Waals surface area contributed by atoms with E-state index < -0.39 is 24.2 Å². The highest BCUT2D eigenvalue weighted by Gasteiger charge is 2.23. The first-order chi connectivity index (χ1) is 39.3. The molecule has 0 spiro atoms. The average molecular weight is 1070 g/mol. The molecule has 4 amide bonds. The average Bonchev–Trinajstić information content (AvgIpc) is 3.51. The van der Waals surface area contributed by atoms with E-state index in [-0.39, 0.29) is 23.6 Å². The zero-order valence-electron chi connectivity index (χ0n) is 45.5. The normalized spacial score (nSPS) is 12.3. The fourth-order valence-electron chi connectivity index (χ4n) is 9.01. The highest BCUT2D eigenvalue weighted by molar-refractivity contribution is 5.84. The lowest BCUT2D eigenvalue weighted by Crippen LogP contribution is -2.49. The van der Waals surface area contributed by atoms with Crippen LogP contribution < -0.4 is 42.5 Å². The van der Waals surface area contributed by atoms with E-state index in [1.54, 1.807) is 0 Å². The van der Waals surface area contributed by atoms with Crippen molar-refractivity contribution in [1.29, 1.82) is 0 Å². The topological polar surface area (TPSA) is 165 Å². The van der Waals surface area contributed by atoms with Crippen molar-refractivity contribution in [2.24, 2.45) is 0 Å². The van der Waals surface area contributed by atoms with Crippen molar-refractivity contribution in [3.8, 4) is 0 Å². The molecule has 80 heavy (non-hydrogen) atoms. The minimum Gasteiger partial charge on any atom is -0.353 e. The molecule has 0 unspecified atom stereocenters. The van der Waals surface area contributed by atoms with Crippen LogP contribution in [0, 0.1) is 0 Å². The molecule has 0 aliphatic heterocycles. The van der Waals surface area contributed by atoms with Crippen LogP contribution in [0.15, 0.2) is 243 Å². The van der Waals surface area contributed by atoms with Crippen molar-refractivity contribution in [1.82, 2.24) is 42.5 Å². The van der Waals surface area contributed by atoms with Gasteiger partial charge in [0.1, 0.15) is 0 Å². The number of amides is 4. The molecule has 0 saturated carbocycles. The molecule has 0 radical (unpaired) electrons. The summed E-state index contributed by atoms with van der Waals surface area (Å²) in [6.07, 6.45) is 2.31. The molecule has 8 aromatic carbocycles. The fourth-order valence-corrected chi connectivity index (χ4v) is 9.01. The number of hydrogen-bond donors (Lipinski definition) is 8. The minimum atomic E-state index is -0.392. The van der Waals surface area contributed by atoms with Crippen LogP contribution in [-0.2, 0) is 71.0 Å². The Labute approximate surface area is 472 Å². The van der Waals surface area contributed by atoms with E-state index in [2.05, 4.69) is 42.5 Å². The first-order valence-electron chi connectivity index (χ1n) is 27.7. The number of carbonyl (C=O) groups excluding carboxylic acids is 4. The molecular weight excluding hydrogens is 993 g/mol. The van der Waals surface area contributed by atoms with E-state index in [0.717, 1.165) is 44.5 Å². The van der Waals surface area contributed by atoms with Gasteiger partial charge in [0.05, 0.1) is 24.2 Å². The molecular formula is C68H76N8O4. The van der Waals surface area contributed by atoms with E-state index in [1.165, 1.54) is 0 Å². The zero-order valence-corrected chi connectivity index (χ0v) is 45.5. The molecule has 0 bridgehead atoms. The molecule has 8 rings (SSSR count). The van der Waals surface area contributed by atoms with E-state index in [4.69, 9.17) is 0 Å². The minimum absolute atomic E-state index is 0.0860. The van der Waals surface area contributed by atoms with Crippen LogP contribution in [0.5, 0.6) is 0 Å². The molecule has 0 aliphatic carbocycles. The van der Waals surface area contributed by atoms with Crippen molar-refractivity contribution in [3.63, 3.8) is 0 Å². The Morgan fingerprint density at radius 2 is 0.375 bits per heavy atom. The number of hydrogen-bond acceptors (Lipinski definition) is 8. The second-order valence-corrected chi connectivity index (χ2v) is 19.6. The summed E-state index contributed by atoms with van der Waals surface area (Å²) in [5, 5.41) is 25.6. The van der Waals surface area contributed by atoms with E-state index in [9.17, 15) is 19.2 Å². The molecule has 0 aliphatic rings. The van der Waals surface area contributed by atoms with Gasteiger partial charge in [-0.2, -0.15) is 0 Å². The standard InChI is InChI=1S/2C34H38N4O2/c2*39-33(31(23-27-13-5-1-6-14-27)37-25-29-17-9-3-10-18-29)35-21-22-36-34(40)32(24-28-15-7-2-8-16-28)38-26-30-19-11-4-12-20-30/h2*1-20,31-32,37-38H,21-26H2,(H,35,39)(H,36,40)/t2*31-,32-/m00/s1. The van der Waals surface area contributed by atoms with Crippen LogP contribution >= 0.6 is 0 Å². The van der Waals surface area contributed by atoms with Crippen molar-refractivity contribution < 1.29 is 19.2 Å². The predicted molar refractivity (Wildman–Crippen MR) is 321 cm³/mol. The highest BCUT2D eigenvalue weighted by Crippen LogP contribution is 2.10. The lowest BCUT2D eigenvalue weighted by Gasteiger charge is -2.20. The summed E-state index contributed by atoms with van der Waals surface area (Å²) in [6.45, 7) is 3.76. The molecule has 412 valence electrons. The van der Waals surface area contributed by atoms with Gasteiger partial charge in [0.15, 0.2) is 0 Å². The molecule has 0 saturated heterocycles. The third kappa shape index (κ3) is 22.1. The van der Waals surface area contributed by atoms with Crippen molar-refractivity contribution in [3.05, 3.63) is 287 Å². The number of nitrogens with one attached hydrogen (secondary N) is 8. The lowest BCUT2D eigenvalue weighted by atomic mass is 10.0. The van der Waals surface area contributed by atoms with Gasteiger partial charge in [-0.3, -0.25) is 19.2 Å². The largest absolute Gasteiger partial charge is 0.353 e. The maximum absolute atomic E-state index is 13.1. The summed E-state index contributed by atoms with van der Waals surface area (Å²) in [5.41, 5.74) is 8.83. The number of rotatable bonds is 30. The molecule has 8 N–H and O–H groups in total. The van der Waals surface area contributed by atoms with Crippen LogP contribution in [0.25, 0.3) is 0 Å². The van der Waals surface area contributed by atoms with Crippen molar-refractivity contribution in [2.75, 3.05) is 26.2 Å². The van der Waals surface area contributed by atoms with Gasteiger partial charge in [-0.05, 0) is 70.2 Å². The van der Waals surface area contributed by atoms with Gasteiger partial charge in [-0.1, -0.05) is 243 Å². The molecule has 4 atom stereocenters. The van der Waals surface area contributed by atoms with Crippen LogP contribution in [0.3, 0.4) is 0 Å². The molecule has 12 heteroatoms. The third-order valence-electron chi connectivity index (χ3n) is 13.4. The second-order valence-electron chi connectivity index (χ2n) is 19.6. The first-order valence-corrected chi connectivity index (χ1v) is 27.7. The van der Waals surface area contributed by atoms with Crippen LogP contribution in [-0.4, -0.2) is 74.0 Å². The summed E-state index contributed by atoms with van der Waals surface area (Å²) in [4.78, 5) is 52.6. The third-order valence-corrected chi connectivity index (χ3v) is 13.4. The maximum Gasteiger partial charge on any atom is 0.237 e. The number of benzene rings is 8. The quantitative estimate of drug-likeness (QED) is 0.0210. The van der Waals surface area contributed by atoms with E-state index in [0.29, 0.717) is 78.0 Å². The van der Waals surface area contributed by atoms with E-state index >= 15 is 0 Å². The van der Waals surface area contributed by atoms with Crippen LogP contribution in [0.4, 0.5) is 0 Å². The summed E-state index contributed by atoms with van der Waals surface area (Å²) in [6, 6.07) is 78.6. The molecule has 8 aromatic rings. The SMILES string of the molecule is O=C(NCCNC(=O)[C@H](Cc1ccccc1)NCc1ccccc1)[C@H](Cc1ccccc1)NCc1ccccc1.O=C(NCCNC(=O)[C@H](Cc1ccccc1)NCc1ccccc1)[C@H](Cc1ccccc1)NCc1ccccc1. The summed E-state index contributed by atoms with van der Waals surface area (Å²) in [7, 11) is 0. The Morgan fingerprint density at radius 1 is 0.225 bits per heavy atom. The lowest BCUT2D eigenvalue weighted by molar-refractivity contribution is -0.125. The van der Waals surface area contributed by atoms with Crippen LogP contribution in [0.2, 0.25) is 0 Å². The smallest absolute Gasteiger partial charge is 0.237 e. The maximum atomic E-state index is 13.1. The zero-order chi connectivity index (χ0) is 55.7. The van der Waals surface area contributed by atoms with Crippen molar-refractivity contribution >= 4 is 23.6 Å². The Kier molecular flexibility index (Phi) is 25.4. The Hall–Kier alpha value is -8.52. The van der Waals surface area contributed by atoms with Gasteiger partial charge in [-0.25, -0.2) is 0 Å². The fraction of sp³-hybridized carbons (Fsp3) is 0.235. The molecule has 0 aromatic heterocycles. The highest BCUT2D eigenvalue weighted by atomic mass is 16.2. The van der Waals surface area contributed by atoms with Gasteiger partial charge in [0.25, 0.3) is 0 Å². The van der Waals surface area contributed by atoms with Gasteiger partial charge in [0, 0.05) is 52.4 Å². The Morgan fingerprint density at radius 3 is 0.537 bits per heavy atom. The Balaban J connectivity index is 0.000000231. The molecule has 0 heterocycles. The second kappa shape index (κ2) is 34.4. The van der Waals surface area contributed by atoms with Gasteiger partial charge >= 0.3 is 0 Å². The first kappa shape index (κ1) is 59.1. The monoisotopic (exact) mass is 1070 g/mol. The van der Waals surface area contributed by atoms with Gasteiger partial charge < -0.3 is 42.5 Å². The molecule has 0 fully saturated rings. The van der Waals surface area contributed by atoms with Crippen LogP contribution in [0.1, 0.15) is 44.5 Å². The van der Waals surface area contributed by atoms with Crippen molar-refractivity contribution in [2.45, 2.75) is 76.0 Å². The van der Waals surface area contributed by atoms with Gasteiger partial charge in [-0.15, -0.1) is 0 Å². The summed E-state index contributed by atoms with van der Waals surface area (Å²) < 4.78 is 0. The molecule has 12 nitrogen and oxygen atoms in total. The van der Waals surface area contributed by atoms with E-state index in [1.807, 2.05) is 243 Å². The van der Waals surface area contributed by atoms with Gasteiger partial charge in [0.2, 0.25) is 23.6 Å². The number of carbonyl (C=O) groups is 4. The summed E-state index contributed by atoms with van der Waals surface area (Å²) >= 11 is 0. The predicted octanol–water partition coefficient (Wildman–Crippen LogP) is 8.04.